The monoisotopic (exact) mass is 721 g/mol. The van der Waals surface area contributed by atoms with E-state index in [0.717, 1.165) is 40.5 Å². The molecule has 2 aromatic heterocycles. The van der Waals surface area contributed by atoms with Crippen LogP contribution >= 0.6 is 0 Å². The number of hydrogen-bond acceptors (Lipinski definition) is 1. The number of para-hydroxylation sites is 1. The summed E-state index contributed by atoms with van der Waals surface area (Å²) in [5, 5.41) is 4.79. The second-order valence-corrected chi connectivity index (χ2v) is 15.1. The van der Waals surface area contributed by atoms with Gasteiger partial charge < -0.3 is 8.98 Å². The summed E-state index contributed by atoms with van der Waals surface area (Å²) in [5.41, 5.74) is 15.7. The zero-order valence-corrected chi connectivity index (χ0v) is 31.5. The molecular weight excluding hydrogens is 679 g/mol. The lowest BCUT2D eigenvalue weighted by atomic mass is 9.97. The average Bonchev–Trinajstić information content (AvgIpc) is 3.80. The molecule has 270 valence electrons. The van der Waals surface area contributed by atoms with Crippen molar-refractivity contribution < 1.29 is 4.42 Å². The van der Waals surface area contributed by atoms with Gasteiger partial charge in [0.15, 0.2) is 0 Å². The molecule has 0 spiro atoms. The van der Waals surface area contributed by atoms with Crippen LogP contribution in [-0.2, 0) is 12.8 Å². The van der Waals surface area contributed by atoms with Crippen LogP contribution in [-0.4, -0.2) is 4.57 Å². The lowest BCUT2D eigenvalue weighted by molar-refractivity contribution is 0.640. The minimum absolute atomic E-state index is 0.908. The van der Waals surface area contributed by atoms with Crippen LogP contribution in [0.4, 0.5) is 0 Å². The van der Waals surface area contributed by atoms with Gasteiger partial charge in [0.1, 0.15) is 11.2 Å². The summed E-state index contributed by atoms with van der Waals surface area (Å²) in [6.07, 6.45) is 7.17. The van der Waals surface area contributed by atoms with Crippen LogP contribution in [0.15, 0.2) is 192 Å². The van der Waals surface area contributed by atoms with E-state index in [9.17, 15) is 0 Å². The number of benzene rings is 8. The molecule has 8 aromatic carbocycles. The molecule has 0 unspecified atom stereocenters. The van der Waals surface area contributed by atoms with Crippen molar-refractivity contribution >= 4 is 43.7 Å². The minimum Gasteiger partial charge on any atom is -0.456 e. The van der Waals surface area contributed by atoms with E-state index in [1.165, 1.54) is 92.0 Å². The third kappa shape index (κ3) is 6.58. The molecule has 0 atom stereocenters. The van der Waals surface area contributed by atoms with Crippen molar-refractivity contribution in [3.8, 4) is 39.1 Å². The maximum absolute atomic E-state index is 6.41. The number of aryl methyl sites for hydroxylation is 2. The Hall–Kier alpha value is -6.64. The molecule has 2 heteroatoms. The Morgan fingerprint density at radius 2 is 0.821 bits per heavy atom. The Labute approximate surface area is 328 Å². The highest BCUT2D eigenvalue weighted by molar-refractivity contribution is 6.12. The van der Waals surface area contributed by atoms with E-state index in [0.29, 0.717) is 0 Å². The summed E-state index contributed by atoms with van der Waals surface area (Å²) in [6, 6.07) is 68.4. The molecule has 0 radical (unpaired) electrons. The lowest BCUT2D eigenvalue weighted by Gasteiger charge is -2.09. The number of furan rings is 1. The largest absolute Gasteiger partial charge is 0.456 e. The molecule has 0 aliphatic carbocycles. The van der Waals surface area contributed by atoms with Crippen molar-refractivity contribution in [1.82, 2.24) is 4.57 Å². The first-order chi connectivity index (χ1) is 27.7. The minimum atomic E-state index is 0.908. The molecule has 0 N–H and O–H groups in total. The first-order valence-electron chi connectivity index (χ1n) is 20.0. The summed E-state index contributed by atoms with van der Waals surface area (Å²) in [4.78, 5) is 0. The van der Waals surface area contributed by atoms with Gasteiger partial charge in [0.2, 0.25) is 0 Å². The number of unbranched alkanes of at least 4 members (excludes halogenated alkanes) is 3. The lowest BCUT2D eigenvalue weighted by Crippen LogP contribution is -1.93. The molecule has 10 rings (SSSR count). The fourth-order valence-corrected chi connectivity index (χ4v) is 8.60. The van der Waals surface area contributed by atoms with E-state index in [-0.39, 0.29) is 0 Å². The van der Waals surface area contributed by atoms with E-state index in [2.05, 4.69) is 193 Å². The maximum atomic E-state index is 6.41. The quantitative estimate of drug-likeness (QED) is 0.122. The van der Waals surface area contributed by atoms with Crippen LogP contribution in [0, 0.1) is 0 Å². The standard InChI is InChI=1S/C54H43NO/c1(5-15-38-17-13-23-42(33-38)40-19-7-3-8-20-40)2-6-16-39-18-14-24-43(34-39)45-28-31-53-49(36-45)50-37-46(29-32-54(50)56-53)55-51-26-12-11-25-47(51)48-35-44(27-30-52(48)55)41-21-9-4-10-22-41/h3-4,7-14,17-37H,1-2,5-6,15-16H2. The van der Waals surface area contributed by atoms with Crippen molar-refractivity contribution in [2.75, 3.05) is 0 Å². The number of aromatic nitrogens is 1. The number of fused-ring (bicyclic) bond motifs is 6. The summed E-state index contributed by atoms with van der Waals surface area (Å²) >= 11 is 0. The molecule has 0 fully saturated rings. The van der Waals surface area contributed by atoms with Crippen LogP contribution in [0.25, 0.3) is 82.8 Å². The molecule has 0 saturated carbocycles. The first kappa shape index (κ1) is 33.9. The van der Waals surface area contributed by atoms with Gasteiger partial charge >= 0.3 is 0 Å². The molecule has 10 aromatic rings. The zero-order valence-electron chi connectivity index (χ0n) is 31.5. The Morgan fingerprint density at radius 1 is 0.321 bits per heavy atom. The Morgan fingerprint density at radius 3 is 1.52 bits per heavy atom. The third-order valence-electron chi connectivity index (χ3n) is 11.5. The summed E-state index contributed by atoms with van der Waals surface area (Å²) in [6.45, 7) is 0. The highest BCUT2D eigenvalue weighted by atomic mass is 16.3. The molecule has 0 aliphatic heterocycles. The molecule has 2 nitrogen and oxygen atoms in total. The number of nitrogens with zero attached hydrogens (tertiary/aromatic N) is 1. The van der Waals surface area contributed by atoms with Crippen molar-refractivity contribution in [2.45, 2.75) is 38.5 Å². The number of hydrogen-bond donors (Lipinski definition) is 0. The molecule has 0 saturated heterocycles. The van der Waals surface area contributed by atoms with Gasteiger partial charge in [0, 0.05) is 27.2 Å². The fourth-order valence-electron chi connectivity index (χ4n) is 8.60. The van der Waals surface area contributed by atoms with Gasteiger partial charge in [0.25, 0.3) is 0 Å². The Kier molecular flexibility index (Phi) is 9.01. The Bertz CT molecular complexity index is 2970. The smallest absolute Gasteiger partial charge is 0.135 e. The van der Waals surface area contributed by atoms with Crippen LogP contribution in [0.1, 0.15) is 36.8 Å². The van der Waals surface area contributed by atoms with Crippen LogP contribution in [0.2, 0.25) is 0 Å². The topological polar surface area (TPSA) is 18.1 Å². The normalized spacial score (nSPS) is 11.6. The van der Waals surface area contributed by atoms with E-state index in [1.54, 1.807) is 0 Å². The highest BCUT2D eigenvalue weighted by Gasteiger charge is 2.16. The second-order valence-electron chi connectivity index (χ2n) is 15.1. The maximum Gasteiger partial charge on any atom is 0.135 e. The molecule has 0 aliphatic rings. The van der Waals surface area contributed by atoms with Gasteiger partial charge in [-0.3, -0.25) is 0 Å². The van der Waals surface area contributed by atoms with Gasteiger partial charge in [-0.15, -0.1) is 0 Å². The zero-order chi connectivity index (χ0) is 37.3. The van der Waals surface area contributed by atoms with Crippen molar-refractivity contribution in [3.63, 3.8) is 0 Å². The summed E-state index contributed by atoms with van der Waals surface area (Å²) < 4.78 is 8.81. The van der Waals surface area contributed by atoms with E-state index in [4.69, 9.17) is 4.42 Å². The van der Waals surface area contributed by atoms with Gasteiger partial charge in [-0.2, -0.15) is 0 Å². The SMILES string of the molecule is c1ccc(-c2cccc(CCCCCCc3cccc(-c4ccc5oc6ccc(-n7c8ccccc8c8cc(-c9ccccc9)ccc87)cc6c5c4)c3)c2)cc1. The third-order valence-corrected chi connectivity index (χ3v) is 11.5. The molecule has 56 heavy (non-hydrogen) atoms. The van der Waals surface area contributed by atoms with Crippen LogP contribution < -0.4 is 0 Å². The van der Waals surface area contributed by atoms with Crippen LogP contribution in [0.5, 0.6) is 0 Å². The molecular formula is C54H43NO. The van der Waals surface area contributed by atoms with Gasteiger partial charge in [-0.25, -0.2) is 0 Å². The predicted octanol–water partition coefficient (Wildman–Crippen LogP) is 15.0. The van der Waals surface area contributed by atoms with E-state index >= 15 is 0 Å². The van der Waals surface area contributed by atoms with Crippen molar-refractivity contribution in [1.29, 1.82) is 0 Å². The van der Waals surface area contributed by atoms with Gasteiger partial charge in [0.05, 0.1) is 11.0 Å². The van der Waals surface area contributed by atoms with Gasteiger partial charge in [-0.1, -0.05) is 152 Å². The predicted molar refractivity (Wildman–Crippen MR) is 237 cm³/mol. The summed E-state index contributed by atoms with van der Waals surface area (Å²) in [7, 11) is 0. The van der Waals surface area contributed by atoms with E-state index in [1.807, 2.05) is 0 Å². The highest BCUT2D eigenvalue weighted by Crippen LogP contribution is 2.38. The number of rotatable bonds is 11. The van der Waals surface area contributed by atoms with Crippen molar-refractivity contribution in [2.24, 2.45) is 0 Å². The second kappa shape index (κ2) is 14.9. The molecule has 0 amide bonds. The van der Waals surface area contributed by atoms with Gasteiger partial charge in [-0.05, 0) is 119 Å². The van der Waals surface area contributed by atoms with E-state index < -0.39 is 0 Å². The summed E-state index contributed by atoms with van der Waals surface area (Å²) in [5.74, 6) is 0. The Balaban J connectivity index is 0.870. The average molecular weight is 722 g/mol. The van der Waals surface area contributed by atoms with Crippen LogP contribution in [0.3, 0.4) is 0 Å². The van der Waals surface area contributed by atoms with Crippen molar-refractivity contribution in [3.05, 3.63) is 199 Å². The molecule has 2 heterocycles. The first-order valence-corrected chi connectivity index (χ1v) is 20.0. The fraction of sp³-hybridized carbons (Fsp3) is 0.111. The molecule has 0 bridgehead atoms.